The molecule has 104 valence electrons. The maximum atomic E-state index is 13.8. The van der Waals surface area contributed by atoms with Crippen LogP contribution in [-0.2, 0) is 4.79 Å². The number of benzene rings is 1. The van der Waals surface area contributed by atoms with Crippen LogP contribution >= 0.6 is 0 Å². The van der Waals surface area contributed by atoms with Crippen LogP contribution in [0.3, 0.4) is 0 Å². The lowest BCUT2D eigenvalue weighted by Gasteiger charge is -2.27. The summed E-state index contributed by atoms with van der Waals surface area (Å²) in [6.07, 6.45) is 3.88. The first kappa shape index (κ1) is 13.9. The molecule has 19 heavy (non-hydrogen) atoms. The fourth-order valence-corrected chi connectivity index (χ4v) is 2.56. The van der Waals surface area contributed by atoms with E-state index in [0.717, 1.165) is 43.9 Å². The second-order valence-corrected chi connectivity index (χ2v) is 4.86. The summed E-state index contributed by atoms with van der Waals surface area (Å²) in [5, 5.41) is 9.36. The molecule has 1 saturated heterocycles. The fourth-order valence-electron chi connectivity index (χ4n) is 2.56. The molecular weight excluding hydrogens is 252 g/mol. The Morgan fingerprint density at radius 2 is 1.79 bits per heavy atom. The van der Waals surface area contributed by atoms with Gasteiger partial charge >= 0.3 is 5.97 Å². The van der Waals surface area contributed by atoms with Crippen molar-refractivity contribution >= 4 is 5.97 Å². The van der Waals surface area contributed by atoms with Gasteiger partial charge in [-0.3, -0.25) is 9.69 Å². The molecule has 5 heteroatoms. The van der Waals surface area contributed by atoms with Crippen LogP contribution in [0.2, 0.25) is 0 Å². The van der Waals surface area contributed by atoms with Gasteiger partial charge in [-0.15, -0.1) is 0 Å². The van der Waals surface area contributed by atoms with Crippen LogP contribution in [0.15, 0.2) is 18.2 Å². The summed E-state index contributed by atoms with van der Waals surface area (Å²) in [6, 6.07) is 1.87. The van der Waals surface area contributed by atoms with E-state index in [1.807, 2.05) is 0 Å². The van der Waals surface area contributed by atoms with E-state index in [4.69, 9.17) is 0 Å². The summed E-state index contributed by atoms with van der Waals surface area (Å²) in [5.74, 6) is -2.41. The SMILES string of the molecule is O=C(O)C(c1cc(F)ccc1F)N1CCCCCC1. The Morgan fingerprint density at radius 1 is 1.16 bits per heavy atom. The highest BCUT2D eigenvalue weighted by molar-refractivity contribution is 5.75. The van der Waals surface area contributed by atoms with Gasteiger partial charge in [-0.2, -0.15) is 0 Å². The van der Waals surface area contributed by atoms with Crippen molar-refractivity contribution in [1.82, 2.24) is 4.90 Å². The molecule has 1 heterocycles. The predicted molar refractivity (Wildman–Crippen MR) is 66.8 cm³/mol. The molecule has 2 rings (SSSR count). The Balaban J connectivity index is 2.33. The highest BCUT2D eigenvalue weighted by atomic mass is 19.1. The van der Waals surface area contributed by atoms with E-state index in [1.165, 1.54) is 0 Å². The molecule has 0 spiro atoms. The summed E-state index contributed by atoms with van der Waals surface area (Å²) in [6.45, 7) is 1.21. The molecule has 0 radical (unpaired) electrons. The van der Waals surface area contributed by atoms with Gasteiger partial charge < -0.3 is 5.11 Å². The van der Waals surface area contributed by atoms with E-state index in [1.54, 1.807) is 4.90 Å². The van der Waals surface area contributed by atoms with Gasteiger partial charge in [0.1, 0.15) is 17.7 Å². The van der Waals surface area contributed by atoms with E-state index in [9.17, 15) is 18.7 Å². The number of hydrogen-bond donors (Lipinski definition) is 1. The molecule has 0 aromatic heterocycles. The number of nitrogens with zero attached hydrogens (tertiary/aromatic N) is 1. The third-order valence-electron chi connectivity index (χ3n) is 3.49. The zero-order chi connectivity index (χ0) is 13.8. The van der Waals surface area contributed by atoms with Crippen molar-refractivity contribution in [3.05, 3.63) is 35.4 Å². The van der Waals surface area contributed by atoms with Gasteiger partial charge in [0.2, 0.25) is 0 Å². The van der Waals surface area contributed by atoms with E-state index in [0.29, 0.717) is 13.1 Å². The average Bonchev–Trinajstić information content (AvgIpc) is 2.62. The van der Waals surface area contributed by atoms with Crippen LogP contribution in [0.5, 0.6) is 0 Å². The Labute approximate surface area is 110 Å². The first-order valence-electron chi connectivity index (χ1n) is 6.51. The van der Waals surface area contributed by atoms with Gasteiger partial charge in [0.25, 0.3) is 0 Å². The highest BCUT2D eigenvalue weighted by Gasteiger charge is 2.30. The minimum atomic E-state index is -1.13. The van der Waals surface area contributed by atoms with Crippen LogP contribution in [-0.4, -0.2) is 29.1 Å². The zero-order valence-corrected chi connectivity index (χ0v) is 10.6. The number of rotatable bonds is 3. The van der Waals surface area contributed by atoms with E-state index in [-0.39, 0.29) is 5.56 Å². The molecule has 1 fully saturated rings. The van der Waals surface area contributed by atoms with Crippen LogP contribution < -0.4 is 0 Å². The summed E-state index contributed by atoms with van der Waals surface area (Å²) >= 11 is 0. The van der Waals surface area contributed by atoms with Crippen molar-refractivity contribution in [2.45, 2.75) is 31.7 Å². The van der Waals surface area contributed by atoms with Gasteiger partial charge in [0, 0.05) is 5.56 Å². The molecule has 1 aliphatic heterocycles. The molecule has 0 bridgehead atoms. The van der Waals surface area contributed by atoms with E-state index in [2.05, 4.69) is 0 Å². The fraction of sp³-hybridized carbons (Fsp3) is 0.500. The maximum Gasteiger partial charge on any atom is 0.325 e. The topological polar surface area (TPSA) is 40.5 Å². The molecule has 3 nitrogen and oxygen atoms in total. The highest BCUT2D eigenvalue weighted by Crippen LogP contribution is 2.27. The summed E-state index contributed by atoms with van der Waals surface area (Å²) in [4.78, 5) is 13.2. The third-order valence-corrected chi connectivity index (χ3v) is 3.49. The molecule has 0 saturated carbocycles. The number of aliphatic carboxylic acids is 1. The Kier molecular flexibility index (Phi) is 4.47. The first-order chi connectivity index (χ1) is 9.09. The number of hydrogen-bond acceptors (Lipinski definition) is 2. The molecule has 0 amide bonds. The summed E-state index contributed by atoms with van der Waals surface area (Å²) in [5.41, 5.74) is -0.0885. The van der Waals surface area contributed by atoms with Crippen LogP contribution in [0.4, 0.5) is 8.78 Å². The van der Waals surface area contributed by atoms with Crippen molar-refractivity contribution < 1.29 is 18.7 Å². The second kappa shape index (κ2) is 6.10. The Hall–Kier alpha value is -1.49. The molecule has 1 aliphatic rings. The summed E-state index contributed by atoms with van der Waals surface area (Å²) < 4.78 is 27.0. The van der Waals surface area contributed by atoms with E-state index < -0.39 is 23.6 Å². The lowest BCUT2D eigenvalue weighted by Crippen LogP contribution is -2.35. The molecule has 1 unspecified atom stereocenters. The smallest absolute Gasteiger partial charge is 0.325 e. The van der Waals surface area contributed by atoms with Crippen LogP contribution in [0, 0.1) is 11.6 Å². The molecule has 1 atom stereocenters. The second-order valence-electron chi connectivity index (χ2n) is 4.86. The zero-order valence-electron chi connectivity index (χ0n) is 10.6. The van der Waals surface area contributed by atoms with Crippen molar-refractivity contribution in [2.75, 3.05) is 13.1 Å². The van der Waals surface area contributed by atoms with Gasteiger partial charge in [-0.05, 0) is 44.1 Å². The Bertz CT molecular complexity index is 457. The van der Waals surface area contributed by atoms with Gasteiger partial charge in [0.15, 0.2) is 0 Å². The third kappa shape index (κ3) is 3.29. The van der Waals surface area contributed by atoms with Crippen LogP contribution in [0.25, 0.3) is 0 Å². The predicted octanol–water partition coefficient (Wildman–Crippen LogP) is 2.97. The lowest BCUT2D eigenvalue weighted by molar-refractivity contribution is -0.143. The number of carboxylic acid groups (broad SMARTS) is 1. The van der Waals surface area contributed by atoms with Gasteiger partial charge in [0.05, 0.1) is 0 Å². The van der Waals surface area contributed by atoms with Crippen molar-refractivity contribution in [1.29, 1.82) is 0 Å². The standard InChI is InChI=1S/C14H17F2NO2/c15-10-5-6-12(16)11(9-10)13(14(18)19)17-7-3-1-2-4-8-17/h5-6,9,13H,1-4,7-8H2,(H,18,19). The first-order valence-corrected chi connectivity index (χ1v) is 6.51. The monoisotopic (exact) mass is 269 g/mol. The van der Waals surface area contributed by atoms with Gasteiger partial charge in [-0.25, -0.2) is 8.78 Å². The Morgan fingerprint density at radius 3 is 2.37 bits per heavy atom. The number of likely N-dealkylation sites (tertiary alicyclic amines) is 1. The molecule has 1 N–H and O–H groups in total. The van der Waals surface area contributed by atoms with Crippen LogP contribution in [0.1, 0.15) is 37.3 Å². The largest absolute Gasteiger partial charge is 0.480 e. The average molecular weight is 269 g/mol. The van der Waals surface area contributed by atoms with Gasteiger partial charge in [-0.1, -0.05) is 12.8 Å². The van der Waals surface area contributed by atoms with Crippen molar-refractivity contribution in [2.24, 2.45) is 0 Å². The minimum absolute atomic E-state index is 0.0885. The van der Waals surface area contributed by atoms with Crippen molar-refractivity contribution in [3.8, 4) is 0 Å². The molecular formula is C14H17F2NO2. The number of carbonyl (C=O) groups is 1. The molecule has 0 aliphatic carbocycles. The molecule has 1 aromatic rings. The quantitative estimate of drug-likeness (QED) is 0.917. The molecule has 1 aromatic carbocycles. The normalized spacial score (nSPS) is 18.8. The lowest BCUT2D eigenvalue weighted by atomic mass is 10.0. The number of carboxylic acids is 1. The summed E-state index contributed by atoms with van der Waals surface area (Å²) in [7, 11) is 0. The maximum absolute atomic E-state index is 13.8. The van der Waals surface area contributed by atoms with E-state index >= 15 is 0 Å². The van der Waals surface area contributed by atoms with Crippen molar-refractivity contribution in [3.63, 3.8) is 0 Å². The minimum Gasteiger partial charge on any atom is -0.480 e. The number of halogens is 2.